The van der Waals surface area contributed by atoms with Crippen molar-refractivity contribution in [3.05, 3.63) is 30.5 Å². The second-order valence-corrected chi connectivity index (χ2v) is 8.46. The number of fused-ring (bicyclic) bond motifs is 1. The summed E-state index contributed by atoms with van der Waals surface area (Å²) in [6.07, 6.45) is 2.42. The van der Waals surface area contributed by atoms with Gasteiger partial charge in [-0.25, -0.2) is 4.39 Å². The first kappa shape index (κ1) is 22.0. The molecule has 0 saturated carbocycles. The maximum absolute atomic E-state index is 13.6. The number of piperidine rings is 1. The van der Waals surface area contributed by atoms with Crippen molar-refractivity contribution >= 4 is 34.1 Å². The molecule has 0 aliphatic carbocycles. The molecule has 8 nitrogen and oxygen atoms in total. The summed E-state index contributed by atoms with van der Waals surface area (Å²) in [7, 11) is 0. The van der Waals surface area contributed by atoms with E-state index in [4.69, 9.17) is 5.26 Å². The van der Waals surface area contributed by atoms with Crippen LogP contribution in [0.25, 0.3) is 10.9 Å². The van der Waals surface area contributed by atoms with E-state index in [1.165, 1.54) is 11.8 Å². The summed E-state index contributed by atoms with van der Waals surface area (Å²) in [5, 5.41) is 16.5. The number of aromatic nitrogens is 1. The predicted octanol–water partition coefficient (Wildman–Crippen LogP) is 2.53. The number of pyridine rings is 1. The normalized spacial score (nSPS) is 22.0. The molecular weight excluding hydrogens is 411 g/mol. The number of carbonyl (C=O) groups excluding carboxylic acids is 2. The lowest BCUT2D eigenvalue weighted by Crippen LogP contribution is -2.46. The van der Waals surface area contributed by atoms with E-state index in [0.29, 0.717) is 5.69 Å². The van der Waals surface area contributed by atoms with E-state index in [2.05, 4.69) is 20.5 Å². The van der Waals surface area contributed by atoms with Crippen molar-refractivity contribution in [2.24, 2.45) is 0 Å². The van der Waals surface area contributed by atoms with Gasteiger partial charge in [-0.15, -0.1) is 0 Å². The van der Waals surface area contributed by atoms with E-state index < -0.39 is 12.2 Å². The molecule has 0 bridgehead atoms. The zero-order valence-electron chi connectivity index (χ0n) is 18.1. The Morgan fingerprint density at radius 3 is 2.72 bits per heavy atom. The maximum Gasteiger partial charge on any atom is 0.237 e. The number of carbonyl (C=O) groups is 2. The first-order chi connectivity index (χ1) is 15.4. The van der Waals surface area contributed by atoms with Crippen molar-refractivity contribution in [2.45, 2.75) is 44.4 Å². The van der Waals surface area contributed by atoms with Crippen molar-refractivity contribution in [3.63, 3.8) is 0 Å². The number of likely N-dealkylation sites (tertiary alicyclic amines) is 2. The molecule has 0 spiro atoms. The van der Waals surface area contributed by atoms with Crippen molar-refractivity contribution < 1.29 is 14.0 Å². The third-order valence-electron chi connectivity index (χ3n) is 6.11. The number of anilines is 2. The fourth-order valence-corrected chi connectivity index (χ4v) is 4.51. The highest BCUT2D eigenvalue weighted by atomic mass is 19.1. The monoisotopic (exact) mass is 438 g/mol. The number of nitriles is 1. The number of alkyl halides is 1. The second-order valence-electron chi connectivity index (χ2n) is 8.46. The number of halogens is 1. The molecule has 1 aromatic heterocycles. The number of nitrogens with one attached hydrogen (secondary N) is 2. The number of nitrogens with zero attached hydrogens (tertiary/aromatic N) is 4. The average Bonchev–Trinajstić information content (AvgIpc) is 3.17. The van der Waals surface area contributed by atoms with E-state index in [-0.39, 0.29) is 37.4 Å². The molecule has 1 aromatic carbocycles. The van der Waals surface area contributed by atoms with Crippen LogP contribution in [0.15, 0.2) is 30.5 Å². The molecule has 2 atom stereocenters. The SMILES string of the molecule is CC(=O)Nc1ccc(NC2CCN(CC(=O)N3C[C@@H](F)C[C@H]3C#N)CC2)c2cccnc12. The molecule has 2 amide bonds. The van der Waals surface area contributed by atoms with Crippen LogP contribution in [0.1, 0.15) is 26.2 Å². The zero-order valence-corrected chi connectivity index (χ0v) is 18.1. The Labute approximate surface area is 186 Å². The topological polar surface area (TPSA) is 101 Å². The number of benzene rings is 1. The highest BCUT2D eigenvalue weighted by molar-refractivity contribution is 6.04. The van der Waals surface area contributed by atoms with Crippen LogP contribution in [-0.2, 0) is 9.59 Å². The van der Waals surface area contributed by atoms with Crippen molar-refractivity contribution in [1.29, 1.82) is 5.26 Å². The molecule has 2 saturated heterocycles. The molecule has 2 aliphatic rings. The molecular formula is C23H27FN6O2. The van der Waals surface area contributed by atoms with Gasteiger partial charge in [-0.05, 0) is 37.1 Å². The minimum atomic E-state index is -1.11. The van der Waals surface area contributed by atoms with Gasteiger partial charge < -0.3 is 15.5 Å². The van der Waals surface area contributed by atoms with Crippen LogP contribution in [0.2, 0.25) is 0 Å². The fraction of sp³-hybridized carbons (Fsp3) is 0.478. The Morgan fingerprint density at radius 1 is 1.25 bits per heavy atom. The summed E-state index contributed by atoms with van der Waals surface area (Å²) in [4.78, 5) is 31.9. The summed E-state index contributed by atoms with van der Waals surface area (Å²) in [6.45, 7) is 3.20. The van der Waals surface area contributed by atoms with Crippen LogP contribution < -0.4 is 10.6 Å². The first-order valence-electron chi connectivity index (χ1n) is 10.9. The van der Waals surface area contributed by atoms with Crippen molar-refractivity contribution in [2.75, 3.05) is 36.8 Å². The third-order valence-corrected chi connectivity index (χ3v) is 6.11. The standard InChI is InChI=1S/C23H27FN6O2/c1-15(31)27-21-5-4-20(19-3-2-8-26-23(19)21)28-17-6-9-29(10-7-17)14-22(32)30-13-16(24)11-18(30)12-25/h2-5,8,16-18,28H,6-7,9-11,13-14H2,1H3,(H,27,31)/t16-,18-/m0/s1. The minimum absolute atomic E-state index is 0.0185. The summed E-state index contributed by atoms with van der Waals surface area (Å²) in [5.74, 6) is -0.314. The Bertz CT molecular complexity index is 1050. The molecule has 2 aliphatic heterocycles. The third kappa shape index (κ3) is 4.81. The highest BCUT2D eigenvalue weighted by Crippen LogP contribution is 2.30. The van der Waals surface area contributed by atoms with Gasteiger partial charge in [0.25, 0.3) is 0 Å². The summed E-state index contributed by atoms with van der Waals surface area (Å²) in [6, 6.07) is 9.27. The predicted molar refractivity (Wildman–Crippen MR) is 120 cm³/mol. The number of rotatable bonds is 5. The van der Waals surface area contributed by atoms with Gasteiger partial charge in [0.05, 0.1) is 30.4 Å². The van der Waals surface area contributed by atoms with E-state index in [9.17, 15) is 14.0 Å². The smallest absolute Gasteiger partial charge is 0.237 e. The highest BCUT2D eigenvalue weighted by Gasteiger charge is 2.36. The number of hydrogen-bond acceptors (Lipinski definition) is 6. The Balaban J connectivity index is 1.35. The van der Waals surface area contributed by atoms with E-state index in [0.717, 1.165) is 42.5 Å². The van der Waals surface area contributed by atoms with Crippen LogP contribution in [0.4, 0.5) is 15.8 Å². The van der Waals surface area contributed by atoms with Gasteiger partial charge in [0, 0.05) is 49.7 Å². The fourth-order valence-electron chi connectivity index (χ4n) is 4.51. The second kappa shape index (κ2) is 9.49. The van der Waals surface area contributed by atoms with Gasteiger partial charge in [0.15, 0.2) is 0 Å². The van der Waals surface area contributed by atoms with Crippen LogP contribution >= 0.6 is 0 Å². The minimum Gasteiger partial charge on any atom is -0.382 e. The number of hydrogen-bond donors (Lipinski definition) is 2. The lowest BCUT2D eigenvalue weighted by atomic mass is 10.0. The number of amides is 2. The molecule has 2 aromatic rings. The Kier molecular flexibility index (Phi) is 6.51. The van der Waals surface area contributed by atoms with Crippen LogP contribution in [0.5, 0.6) is 0 Å². The average molecular weight is 439 g/mol. The summed E-state index contributed by atoms with van der Waals surface area (Å²) >= 11 is 0. The molecule has 168 valence electrons. The van der Waals surface area contributed by atoms with E-state index >= 15 is 0 Å². The lowest BCUT2D eigenvalue weighted by Gasteiger charge is -2.33. The van der Waals surface area contributed by atoms with Gasteiger partial charge in [0.2, 0.25) is 11.8 Å². The summed E-state index contributed by atoms with van der Waals surface area (Å²) < 4.78 is 13.6. The molecule has 2 N–H and O–H groups in total. The van der Waals surface area contributed by atoms with Gasteiger partial charge >= 0.3 is 0 Å². The molecule has 2 fully saturated rings. The summed E-state index contributed by atoms with van der Waals surface area (Å²) in [5.41, 5.74) is 2.37. The first-order valence-corrected chi connectivity index (χ1v) is 10.9. The zero-order chi connectivity index (χ0) is 22.7. The van der Waals surface area contributed by atoms with Gasteiger partial charge in [-0.2, -0.15) is 5.26 Å². The van der Waals surface area contributed by atoms with Crippen molar-refractivity contribution in [3.8, 4) is 6.07 Å². The molecule has 32 heavy (non-hydrogen) atoms. The van der Waals surface area contributed by atoms with Gasteiger partial charge in [0.1, 0.15) is 12.2 Å². The molecule has 0 unspecified atom stereocenters. The maximum atomic E-state index is 13.6. The molecule has 4 rings (SSSR count). The molecule has 3 heterocycles. The van der Waals surface area contributed by atoms with Crippen LogP contribution in [0.3, 0.4) is 0 Å². The lowest BCUT2D eigenvalue weighted by molar-refractivity contribution is -0.132. The van der Waals surface area contributed by atoms with Crippen LogP contribution in [0, 0.1) is 11.3 Å². The Morgan fingerprint density at radius 2 is 2.00 bits per heavy atom. The van der Waals surface area contributed by atoms with Gasteiger partial charge in [-0.3, -0.25) is 19.5 Å². The largest absolute Gasteiger partial charge is 0.382 e. The quantitative estimate of drug-likeness (QED) is 0.744. The molecule has 0 radical (unpaired) electrons. The molecule has 9 heteroatoms. The van der Waals surface area contributed by atoms with Crippen LogP contribution in [-0.4, -0.2) is 71.0 Å². The Hall–Kier alpha value is -3.25. The van der Waals surface area contributed by atoms with E-state index in [1.54, 1.807) is 6.20 Å². The van der Waals surface area contributed by atoms with Gasteiger partial charge in [-0.1, -0.05) is 0 Å². The van der Waals surface area contributed by atoms with Crippen molar-refractivity contribution in [1.82, 2.24) is 14.8 Å². The van der Waals surface area contributed by atoms with E-state index in [1.807, 2.05) is 30.3 Å².